The van der Waals surface area contributed by atoms with Crippen molar-refractivity contribution in [2.75, 3.05) is 11.9 Å². The molecule has 1 aliphatic rings. The van der Waals surface area contributed by atoms with E-state index in [-0.39, 0.29) is 23.4 Å². The van der Waals surface area contributed by atoms with Crippen LogP contribution in [0.4, 0.5) is 16.2 Å². The predicted octanol–water partition coefficient (Wildman–Crippen LogP) is 4.03. The number of hydrogen-bond donors (Lipinski definition) is 1. The maximum atomic E-state index is 12.5. The van der Waals surface area contributed by atoms with Crippen LogP contribution < -0.4 is 5.32 Å². The quantitative estimate of drug-likeness (QED) is 0.686. The van der Waals surface area contributed by atoms with Crippen molar-refractivity contribution < 1.29 is 9.72 Å². The van der Waals surface area contributed by atoms with Gasteiger partial charge in [-0.05, 0) is 30.4 Å². The molecule has 1 aromatic carbocycles. The number of likely N-dealkylation sites (tertiary alicyclic amines) is 1. The molecule has 0 aliphatic carbocycles. The van der Waals surface area contributed by atoms with Crippen molar-refractivity contribution in [3.05, 3.63) is 56.8 Å². The zero-order chi connectivity index (χ0) is 15.5. The minimum Gasteiger partial charge on any atom is -0.317 e. The first-order valence-electron chi connectivity index (χ1n) is 7.01. The second kappa shape index (κ2) is 6.15. The van der Waals surface area contributed by atoms with Gasteiger partial charge in [-0.15, -0.1) is 11.3 Å². The van der Waals surface area contributed by atoms with E-state index < -0.39 is 4.92 Å². The fourth-order valence-corrected chi connectivity index (χ4v) is 3.59. The van der Waals surface area contributed by atoms with E-state index in [1.54, 1.807) is 34.4 Å². The molecule has 2 aromatic rings. The molecule has 3 rings (SSSR count). The Balaban J connectivity index is 1.79. The summed E-state index contributed by atoms with van der Waals surface area (Å²) in [6, 6.07) is 9.94. The maximum absolute atomic E-state index is 12.5. The van der Waals surface area contributed by atoms with E-state index in [1.165, 1.54) is 6.07 Å². The smallest absolute Gasteiger partial charge is 0.317 e. The SMILES string of the molecule is O=C(Nc1ccccc1[N+](=O)[O-])N1CCC[C@H]1c1cccs1. The molecule has 0 saturated carbocycles. The molecule has 1 saturated heterocycles. The standard InChI is InChI=1S/C15H15N3O3S/c19-15(16-11-5-1-2-6-12(11)18(20)21)17-9-3-7-13(17)14-8-4-10-22-14/h1-2,4-6,8,10,13H,3,7,9H2,(H,16,19)/t13-/m0/s1. The number of hydrogen-bond acceptors (Lipinski definition) is 4. The van der Waals surface area contributed by atoms with Crippen LogP contribution in [-0.2, 0) is 0 Å². The van der Waals surface area contributed by atoms with Gasteiger partial charge in [0.15, 0.2) is 0 Å². The highest BCUT2D eigenvalue weighted by Gasteiger charge is 2.31. The van der Waals surface area contributed by atoms with Crippen LogP contribution in [0.2, 0.25) is 0 Å². The van der Waals surface area contributed by atoms with Crippen LogP contribution in [0.1, 0.15) is 23.8 Å². The highest BCUT2D eigenvalue weighted by Crippen LogP contribution is 2.35. The third-order valence-corrected chi connectivity index (χ3v) is 4.70. The fourth-order valence-electron chi connectivity index (χ4n) is 2.71. The molecule has 1 aliphatic heterocycles. The first-order chi connectivity index (χ1) is 10.7. The van der Waals surface area contributed by atoms with Crippen molar-refractivity contribution in [2.24, 2.45) is 0 Å². The monoisotopic (exact) mass is 317 g/mol. The van der Waals surface area contributed by atoms with E-state index in [9.17, 15) is 14.9 Å². The minimum atomic E-state index is -0.490. The van der Waals surface area contributed by atoms with Crippen molar-refractivity contribution in [2.45, 2.75) is 18.9 Å². The molecule has 0 bridgehead atoms. The number of thiophene rings is 1. The number of nitrogens with one attached hydrogen (secondary N) is 1. The van der Waals surface area contributed by atoms with Gasteiger partial charge in [0.2, 0.25) is 0 Å². The van der Waals surface area contributed by atoms with Crippen molar-refractivity contribution in [3.8, 4) is 0 Å². The van der Waals surface area contributed by atoms with Gasteiger partial charge >= 0.3 is 6.03 Å². The number of nitro groups is 1. The summed E-state index contributed by atoms with van der Waals surface area (Å²) >= 11 is 1.63. The average Bonchev–Trinajstić information content (AvgIpc) is 3.18. The zero-order valence-corrected chi connectivity index (χ0v) is 12.6. The molecule has 0 unspecified atom stereocenters. The van der Waals surface area contributed by atoms with Gasteiger partial charge in [0.1, 0.15) is 5.69 Å². The van der Waals surface area contributed by atoms with Crippen LogP contribution in [0.5, 0.6) is 0 Å². The normalized spacial score (nSPS) is 17.5. The number of amides is 2. The topological polar surface area (TPSA) is 75.5 Å². The van der Waals surface area contributed by atoms with E-state index >= 15 is 0 Å². The lowest BCUT2D eigenvalue weighted by Crippen LogP contribution is -2.34. The van der Waals surface area contributed by atoms with E-state index in [4.69, 9.17) is 0 Å². The summed E-state index contributed by atoms with van der Waals surface area (Å²) < 4.78 is 0. The van der Waals surface area contributed by atoms with E-state index in [0.717, 1.165) is 17.7 Å². The number of carbonyl (C=O) groups excluding carboxylic acids is 1. The fraction of sp³-hybridized carbons (Fsp3) is 0.267. The highest BCUT2D eigenvalue weighted by atomic mass is 32.1. The number of benzene rings is 1. The third-order valence-electron chi connectivity index (χ3n) is 3.73. The molecule has 2 amide bonds. The molecule has 6 nitrogen and oxygen atoms in total. The molecule has 1 aromatic heterocycles. The first kappa shape index (κ1) is 14.5. The Morgan fingerprint density at radius 3 is 2.86 bits per heavy atom. The van der Waals surface area contributed by atoms with E-state index in [1.807, 2.05) is 17.5 Å². The van der Waals surface area contributed by atoms with Gasteiger partial charge < -0.3 is 10.2 Å². The summed E-state index contributed by atoms with van der Waals surface area (Å²) in [6.07, 6.45) is 1.86. The molecule has 0 radical (unpaired) electrons. The summed E-state index contributed by atoms with van der Waals surface area (Å²) in [6.45, 7) is 0.662. The molecule has 0 spiro atoms. The number of para-hydroxylation sites is 2. The molecule has 1 N–H and O–H groups in total. The average molecular weight is 317 g/mol. The summed E-state index contributed by atoms with van der Waals surface area (Å²) in [5.74, 6) is 0. The van der Waals surface area contributed by atoms with E-state index in [2.05, 4.69) is 5.32 Å². The van der Waals surface area contributed by atoms with Crippen LogP contribution in [0, 0.1) is 10.1 Å². The second-order valence-corrected chi connectivity index (χ2v) is 6.05. The second-order valence-electron chi connectivity index (χ2n) is 5.07. The van der Waals surface area contributed by atoms with Gasteiger partial charge in [-0.3, -0.25) is 10.1 Å². The number of nitrogens with zero attached hydrogens (tertiary/aromatic N) is 2. The Kier molecular flexibility index (Phi) is 4.06. The lowest BCUT2D eigenvalue weighted by atomic mass is 10.2. The Labute approximate surface area is 131 Å². The van der Waals surface area contributed by atoms with Crippen LogP contribution in [0.25, 0.3) is 0 Å². The Morgan fingerprint density at radius 1 is 1.32 bits per heavy atom. The van der Waals surface area contributed by atoms with Gasteiger partial charge in [-0.25, -0.2) is 4.79 Å². The highest BCUT2D eigenvalue weighted by molar-refractivity contribution is 7.10. The zero-order valence-electron chi connectivity index (χ0n) is 11.8. The van der Waals surface area contributed by atoms with Gasteiger partial charge in [0.25, 0.3) is 5.69 Å². The van der Waals surface area contributed by atoms with Crippen LogP contribution in [-0.4, -0.2) is 22.4 Å². The first-order valence-corrected chi connectivity index (χ1v) is 7.89. The molecule has 1 atom stereocenters. The Morgan fingerprint density at radius 2 is 2.14 bits per heavy atom. The van der Waals surface area contributed by atoms with E-state index in [0.29, 0.717) is 6.54 Å². The van der Waals surface area contributed by atoms with Crippen LogP contribution >= 0.6 is 11.3 Å². The third kappa shape index (κ3) is 2.80. The number of nitro benzene ring substituents is 1. The van der Waals surface area contributed by atoms with Gasteiger partial charge in [0, 0.05) is 17.5 Å². The van der Waals surface area contributed by atoms with Gasteiger partial charge in [-0.1, -0.05) is 18.2 Å². The molecule has 114 valence electrons. The Hall–Kier alpha value is -2.41. The molecule has 2 heterocycles. The predicted molar refractivity (Wildman–Crippen MR) is 85.1 cm³/mol. The van der Waals surface area contributed by atoms with Gasteiger partial charge in [-0.2, -0.15) is 0 Å². The van der Waals surface area contributed by atoms with Crippen molar-refractivity contribution in [1.29, 1.82) is 0 Å². The summed E-state index contributed by atoms with van der Waals surface area (Å²) in [7, 11) is 0. The number of urea groups is 1. The molecular weight excluding hydrogens is 302 g/mol. The van der Waals surface area contributed by atoms with Crippen molar-refractivity contribution in [3.63, 3.8) is 0 Å². The lowest BCUT2D eigenvalue weighted by Gasteiger charge is -2.24. The van der Waals surface area contributed by atoms with Gasteiger partial charge in [0.05, 0.1) is 11.0 Å². The number of carbonyl (C=O) groups is 1. The summed E-state index contributed by atoms with van der Waals surface area (Å²) in [4.78, 5) is 25.9. The number of rotatable bonds is 3. The number of anilines is 1. The van der Waals surface area contributed by atoms with Crippen molar-refractivity contribution >= 4 is 28.7 Å². The van der Waals surface area contributed by atoms with Crippen LogP contribution in [0.15, 0.2) is 41.8 Å². The van der Waals surface area contributed by atoms with Crippen molar-refractivity contribution in [1.82, 2.24) is 4.90 Å². The largest absolute Gasteiger partial charge is 0.322 e. The molecule has 22 heavy (non-hydrogen) atoms. The summed E-state index contributed by atoms with van der Waals surface area (Å²) in [5, 5.41) is 15.7. The molecule has 1 fully saturated rings. The molecule has 7 heteroatoms. The molecular formula is C15H15N3O3S. The van der Waals surface area contributed by atoms with Crippen LogP contribution in [0.3, 0.4) is 0 Å². The summed E-state index contributed by atoms with van der Waals surface area (Å²) in [5.41, 5.74) is 0.136. The minimum absolute atomic E-state index is 0.0581. The maximum Gasteiger partial charge on any atom is 0.322 e. The Bertz CT molecular complexity index is 687. The lowest BCUT2D eigenvalue weighted by molar-refractivity contribution is -0.383.